The maximum atomic E-state index is 11.8. The lowest BCUT2D eigenvalue weighted by Gasteiger charge is -2.09. The molecule has 0 aliphatic carbocycles. The van der Waals surface area contributed by atoms with E-state index in [1.54, 1.807) is 7.11 Å². The first-order valence-corrected chi connectivity index (χ1v) is 6.42. The Morgan fingerprint density at radius 2 is 2.37 bits per heavy atom. The minimum atomic E-state index is 0. The predicted octanol–water partition coefficient (Wildman–Crippen LogP) is 2.45. The van der Waals surface area contributed by atoms with Crippen molar-refractivity contribution >= 4 is 24.0 Å². The van der Waals surface area contributed by atoms with Crippen molar-refractivity contribution in [3.8, 4) is 5.75 Å². The van der Waals surface area contributed by atoms with Crippen LogP contribution < -0.4 is 15.4 Å². The van der Waals surface area contributed by atoms with Crippen LogP contribution in [0.4, 0.5) is 5.69 Å². The molecule has 0 radical (unpaired) electrons. The fourth-order valence-corrected chi connectivity index (χ4v) is 2.22. The lowest BCUT2D eigenvalue weighted by atomic mass is 10.0. The number of hydrogen-bond acceptors (Lipinski definition) is 3. The number of carbonyl (C=O) groups is 1. The normalized spacial score (nSPS) is 17.6. The van der Waals surface area contributed by atoms with Crippen molar-refractivity contribution in [1.82, 2.24) is 5.32 Å². The van der Waals surface area contributed by atoms with Gasteiger partial charge in [0.1, 0.15) is 5.75 Å². The molecule has 1 aromatic carbocycles. The summed E-state index contributed by atoms with van der Waals surface area (Å²) in [5.41, 5.74) is 0.795. The summed E-state index contributed by atoms with van der Waals surface area (Å²) in [7, 11) is 1.62. The topological polar surface area (TPSA) is 50.4 Å². The van der Waals surface area contributed by atoms with Crippen LogP contribution in [-0.4, -0.2) is 26.1 Å². The molecule has 4 nitrogen and oxygen atoms in total. The zero-order valence-corrected chi connectivity index (χ0v) is 12.0. The summed E-state index contributed by atoms with van der Waals surface area (Å²) in [6, 6.07) is 7.43. The Morgan fingerprint density at radius 3 is 3.05 bits per heavy atom. The summed E-state index contributed by atoms with van der Waals surface area (Å²) in [4.78, 5) is 11.8. The van der Waals surface area contributed by atoms with Gasteiger partial charge in [0.25, 0.3) is 0 Å². The second kappa shape index (κ2) is 8.02. The van der Waals surface area contributed by atoms with Crippen LogP contribution in [0.25, 0.3) is 0 Å². The Hall–Kier alpha value is -1.26. The monoisotopic (exact) mass is 284 g/mol. The average molecular weight is 285 g/mol. The lowest BCUT2D eigenvalue weighted by molar-refractivity contribution is -0.116. The van der Waals surface area contributed by atoms with E-state index in [9.17, 15) is 4.79 Å². The maximum absolute atomic E-state index is 11.8. The van der Waals surface area contributed by atoms with E-state index in [0.717, 1.165) is 30.9 Å². The van der Waals surface area contributed by atoms with E-state index in [-0.39, 0.29) is 18.3 Å². The third-order valence-electron chi connectivity index (χ3n) is 3.30. The smallest absolute Gasteiger partial charge is 0.224 e. The fourth-order valence-electron chi connectivity index (χ4n) is 2.22. The van der Waals surface area contributed by atoms with Crippen LogP contribution in [0.3, 0.4) is 0 Å². The highest BCUT2D eigenvalue weighted by Crippen LogP contribution is 2.18. The van der Waals surface area contributed by atoms with Crippen LogP contribution in [0.1, 0.15) is 19.3 Å². The molecule has 0 bridgehead atoms. The standard InChI is InChI=1S/C14H20N2O2.ClH/c1-18-13-4-2-3-12(9-13)16-14(17)6-5-11-7-8-15-10-11;/h2-4,9,11,15H,5-8,10H2,1H3,(H,16,17);1H. The second-order valence-electron chi connectivity index (χ2n) is 4.68. The molecule has 1 saturated heterocycles. The highest BCUT2D eigenvalue weighted by atomic mass is 35.5. The molecule has 1 aliphatic rings. The lowest BCUT2D eigenvalue weighted by Crippen LogP contribution is -2.15. The molecule has 1 unspecified atom stereocenters. The highest BCUT2D eigenvalue weighted by Gasteiger charge is 2.15. The van der Waals surface area contributed by atoms with Gasteiger partial charge in [-0.2, -0.15) is 0 Å². The highest BCUT2D eigenvalue weighted by molar-refractivity contribution is 5.90. The van der Waals surface area contributed by atoms with Gasteiger partial charge >= 0.3 is 0 Å². The molecule has 106 valence electrons. The zero-order valence-electron chi connectivity index (χ0n) is 11.1. The number of anilines is 1. The third kappa shape index (κ3) is 5.09. The van der Waals surface area contributed by atoms with Crippen molar-refractivity contribution in [2.45, 2.75) is 19.3 Å². The summed E-state index contributed by atoms with van der Waals surface area (Å²) >= 11 is 0. The molecule has 1 fully saturated rings. The first-order valence-electron chi connectivity index (χ1n) is 6.42. The van der Waals surface area contributed by atoms with Crippen molar-refractivity contribution in [3.63, 3.8) is 0 Å². The second-order valence-corrected chi connectivity index (χ2v) is 4.68. The number of rotatable bonds is 5. The Bertz CT molecular complexity index is 406. The van der Waals surface area contributed by atoms with Crippen LogP contribution in [0.5, 0.6) is 5.75 Å². The zero-order chi connectivity index (χ0) is 12.8. The van der Waals surface area contributed by atoms with Crippen molar-refractivity contribution < 1.29 is 9.53 Å². The number of benzene rings is 1. The molecule has 2 rings (SSSR count). The van der Waals surface area contributed by atoms with Gasteiger partial charge < -0.3 is 15.4 Å². The van der Waals surface area contributed by atoms with E-state index in [1.165, 1.54) is 6.42 Å². The van der Waals surface area contributed by atoms with Crippen LogP contribution in [0, 0.1) is 5.92 Å². The fraction of sp³-hybridized carbons (Fsp3) is 0.500. The van der Waals surface area contributed by atoms with Gasteiger partial charge in [0.15, 0.2) is 0 Å². The van der Waals surface area contributed by atoms with E-state index >= 15 is 0 Å². The summed E-state index contributed by atoms with van der Waals surface area (Å²) in [5.74, 6) is 1.49. The molecule has 1 aromatic rings. The molecule has 0 saturated carbocycles. The summed E-state index contributed by atoms with van der Waals surface area (Å²) in [6.45, 7) is 2.13. The predicted molar refractivity (Wildman–Crippen MR) is 79.1 cm³/mol. The number of methoxy groups -OCH3 is 1. The Labute approximate surface area is 120 Å². The molecule has 2 N–H and O–H groups in total. The molecule has 1 aliphatic heterocycles. The van der Waals surface area contributed by atoms with E-state index in [0.29, 0.717) is 12.3 Å². The van der Waals surface area contributed by atoms with Gasteiger partial charge in [0, 0.05) is 18.2 Å². The summed E-state index contributed by atoms with van der Waals surface area (Å²) < 4.78 is 5.12. The average Bonchev–Trinajstić information content (AvgIpc) is 2.90. The number of amides is 1. The first-order chi connectivity index (χ1) is 8.78. The number of nitrogens with one attached hydrogen (secondary N) is 2. The van der Waals surface area contributed by atoms with Gasteiger partial charge in [0.05, 0.1) is 7.11 Å². The van der Waals surface area contributed by atoms with Gasteiger partial charge in [-0.25, -0.2) is 0 Å². The Morgan fingerprint density at radius 1 is 1.53 bits per heavy atom. The van der Waals surface area contributed by atoms with Crippen molar-refractivity contribution in [2.24, 2.45) is 5.92 Å². The molecule has 0 spiro atoms. The first kappa shape index (κ1) is 15.8. The van der Waals surface area contributed by atoms with Gasteiger partial charge in [-0.3, -0.25) is 4.79 Å². The van der Waals surface area contributed by atoms with E-state index in [2.05, 4.69) is 10.6 Å². The van der Waals surface area contributed by atoms with Gasteiger partial charge in [-0.05, 0) is 44.0 Å². The largest absolute Gasteiger partial charge is 0.497 e. The molecule has 1 heterocycles. The molecule has 1 amide bonds. The minimum absolute atomic E-state index is 0. The van der Waals surface area contributed by atoms with Gasteiger partial charge in [-0.1, -0.05) is 6.07 Å². The van der Waals surface area contributed by atoms with Crippen LogP contribution in [-0.2, 0) is 4.79 Å². The third-order valence-corrected chi connectivity index (χ3v) is 3.30. The number of ether oxygens (including phenoxy) is 1. The van der Waals surface area contributed by atoms with E-state index in [1.807, 2.05) is 24.3 Å². The van der Waals surface area contributed by atoms with Crippen molar-refractivity contribution in [2.75, 3.05) is 25.5 Å². The van der Waals surface area contributed by atoms with E-state index < -0.39 is 0 Å². The minimum Gasteiger partial charge on any atom is -0.497 e. The van der Waals surface area contributed by atoms with Gasteiger partial charge in [-0.15, -0.1) is 12.4 Å². The van der Waals surface area contributed by atoms with E-state index in [4.69, 9.17) is 4.74 Å². The summed E-state index contributed by atoms with van der Waals surface area (Å²) in [5, 5.41) is 6.21. The number of hydrogen-bond donors (Lipinski definition) is 2. The Kier molecular flexibility index (Phi) is 6.67. The van der Waals surface area contributed by atoms with Crippen LogP contribution >= 0.6 is 12.4 Å². The number of carbonyl (C=O) groups excluding carboxylic acids is 1. The molecular formula is C14H21ClN2O2. The Balaban J connectivity index is 0.00000180. The molecular weight excluding hydrogens is 264 g/mol. The molecule has 5 heteroatoms. The SMILES string of the molecule is COc1cccc(NC(=O)CCC2CCNC2)c1.Cl. The quantitative estimate of drug-likeness (QED) is 0.873. The van der Waals surface area contributed by atoms with Crippen molar-refractivity contribution in [3.05, 3.63) is 24.3 Å². The maximum Gasteiger partial charge on any atom is 0.224 e. The van der Waals surface area contributed by atoms with Crippen LogP contribution in [0.15, 0.2) is 24.3 Å². The number of halogens is 1. The van der Waals surface area contributed by atoms with Crippen LogP contribution in [0.2, 0.25) is 0 Å². The van der Waals surface area contributed by atoms with Gasteiger partial charge in [0.2, 0.25) is 5.91 Å². The molecule has 1 atom stereocenters. The molecule has 0 aromatic heterocycles. The molecule has 19 heavy (non-hydrogen) atoms. The summed E-state index contributed by atoms with van der Waals surface area (Å²) in [6.07, 6.45) is 2.73. The van der Waals surface area contributed by atoms with Crippen molar-refractivity contribution in [1.29, 1.82) is 0 Å².